The monoisotopic (exact) mass is 164 g/mol. The van der Waals surface area contributed by atoms with Crippen molar-refractivity contribution in [1.29, 1.82) is 0 Å². The molecule has 0 aliphatic carbocycles. The Balaban J connectivity index is 2.41. The minimum atomic E-state index is 1.04. The van der Waals surface area contributed by atoms with E-state index in [-0.39, 0.29) is 0 Å². The fourth-order valence-electron chi connectivity index (χ4n) is 1.06. The van der Waals surface area contributed by atoms with Gasteiger partial charge in [0.15, 0.2) is 0 Å². The van der Waals surface area contributed by atoms with Gasteiger partial charge in [-0.2, -0.15) is 0 Å². The van der Waals surface area contributed by atoms with Crippen molar-refractivity contribution >= 4 is 5.69 Å². The summed E-state index contributed by atoms with van der Waals surface area (Å²) in [5.74, 6) is 0. The van der Waals surface area contributed by atoms with E-state index in [9.17, 15) is 0 Å². The summed E-state index contributed by atoms with van der Waals surface area (Å²) in [5.41, 5.74) is 2.33. The summed E-state index contributed by atoms with van der Waals surface area (Å²) in [6, 6.07) is 2.11. The van der Waals surface area contributed by atoms with Gasteiger partial charge in [0.05, 0.1) is 5.69 Å². The predicted molar refractivity (Wildman–Crippen MR) is 52.4 cm³/mol. The molecule has 12 heavy (non-hydrogen) atoms. The van der Waals surface area contributed by atoms with Gasteiger partial charge in [0.25, 0.3) is 0 Å². The van der Waals surface area contributed by atoms with E-state index in [4.69, 9.17) is 0 Å². The molecular weight excluding hydrogens is 148 g/mol. The Labute approximate surface area is 74.0 Å². The zero-order valence-corrected chi connectivity index (χ0v) is 7.80. The third-order valence-electron chi connectivity index (χ3n) is 1.73. The summed E-state index contributed by atoms with van der Waals surface area (Å²) in [5, 5.41) is 3.32. The fraction of sp³-hybridized carbons (Fsp3) is 0.500. The fourth-order valence-corrected chi connectivity index (χ4v) is 1.06. The average molecular weight is 164 g/mol. The van der Waals surface area contributed by atoms with Crippen molar-refractivity contribution in [1.82, 2.24) is 4.98 Å². The Morgan fingerprint density at radius 1 is 1.42 bits per heavy atom. The van der Waals surface area contributed by atoms with Crippen LogP contribution in [0, 0.1) is 6.92 Å². The summed E-state index contributed by atoms with van der Waals surface area (Å²) in [6.07, 6.45) is 6.17. The van der Waals surface area contributed by atoms with Crippen LogP contribution < -0.4 is 5.32 Å². The predicted octanol–water partition coefficient (Wildman–Crippen LogP) is 2.60. The lowest BCUT2D eigenvalue weighted by atomic mass is 10.3. The molecule has 0 fully saturated rings. The SMILES string of the molecule is CCCCNc1cncc(C)c1. The van der Waals surface area contributed by atoms with Crippen molar-refractivity contribution < 1.29 is 0 Å². The molecule has 0 saturated carbocycles. The smallest absolute Gasteiger partial charge is 0.0529 e. The van der Waals surface area contributed by atoms with Crippen LogP contribution in [0.4, 0.5) is 5.69 Å². The first-order valence-electron chi connectivity index (χ1n) is 4.48. The lowest BCUT2D eigenvalue weighted by Crippen LogP contribution is -2.01. The molecule has 1 rings (SSSR count). The Hall–Kier alpha value is -1.05. The molecule has 1 aromatic heterocycles. The van der Waals surface area contributed by atoms with E-state index in [2.05, 4.69) is 30.2 Å². The number of unbranched alkanes of at least 4 members (excludes halogenated alkanes) is 1. The number of pyridine rings is 1. The molecule has 66 valence electrons. The first kappa shape index (κ1) is 9.04. The van der Waals surface area contributed by atoms with Crippen molar-refractivity contribution in [3.63, 3.8) is 0 Å². The van der Waals surface area contributed by atoms with Gasteiger partial charge in [0, 0.05) is 18.9 Å². The number of aromatic nitrogens is 1. The molecule has 0 amide bonds. The van der Waals surface area contributed by atoms with Crippen molar-refractivity contribution in [3.05, 3.63) is 24.0 Å². The Bertz CT molecular complexity index is 233. The molecular formula is C10H16N2. The summed E-state index contributed by atoms with van der Waals surface area (Å²) >= 11 is 0. The molecule has 0 aliphatic rings. The van der Waals surface area contributed by atoms with Gasteiger partial charge in [-0.15, -0.1) is 0 Å². The molecule has 2 heteroatoms. The van der Waals surface area contributed by atoms with Crippen LogP contribution in [-0.2, 0) is 0 Å². The third-order valence-corrected chi connectivity index (χ3v) is 1.73. The summed E-state index contributed by atoms with van der Waals surface area (Å²) in [6.45, 7) is 5.29. The van der Waals surface area contributed by atoms with Crippen molar-refractivity contribution in [2.45, 2.75) is 26.7 Å². The number of hydrogen-bond donors (Lipinski definition) is 1. The largest absolute Gasteiger partial charge is 0.384 e. The van der Waals surface area contributed by atoms with E-state index in [1.165, 1.54) is 18.4 Å². The van der Waals surface area contributed by atoms with Gasteiger partial charge in [0.1, 0.15) is 0 Å². The van der Waals surface area contributed by atoms with Gasteiger partial charge in [-0.05, 0) is 25.0 Å². The van der Waals surface area contributed by atoms with Gasteiger partial charge >= 0.3 is 0 Å². The number of rotatable bonds is 4. The maximum Gasteiger partial charge on any atom is 0.0529 e. The first-order valence-corrected chi connectivity index (χ1v) is 4.48. The number of aryl methyl sites for hydroxylation is 1. The highest BCUT2D eigenvalue weighted by molar-refractivity contribution is 5.42. The van der Waals surface area contributed by atoms with Crippen molar-refractivity contribution in [2.75, 3.05) is 11.9 Å². The average Bonchev–Trinajstić information content (AvgIpc) is 2.05. The molecule has 0 spiro atoms. The van der Waals surface area contributed by atoms with Crippen molar-refractivity contribution in [3.8, 4) is 0 Å². The number of anilines is 1. The van der Waals surface area contributed by atoms with E-state index < -0.39 is 0 Å². The van der Waals surface area contributed by atoms with Gasteiger partial charge in [-0.3, -0.25) is 4.98 Å². The van der Waals surface area contributed by atoms with E-state index in [0.717, 1.165) is 12.2 Å². The lowest BCUT2D eigenvalue weighted by molar-refractivity contribution is 0.833. The quantitative estimate of drug-likeness (QED) is 0.692. The molecule has 0 unspecified atom stereocenters. The van der Waals surface area contributed by atoms with Crippen LogP contribution >= 0.6 is 0 Å². The maximum absolute atomic E-state index is 4.10. The Morgan fingerprint density at radius 2 is 2.25 bits per heavy atom. The second-order valence-electron chi connectivity index (χ2n) is 3.03. The van der Waals surface area contributed by atoms with Crippen LogP contribution in [0.15, 0.2) is 18.5 Å². The number of nitrogens with zero attached hydrogens (tertiary/aromatic N) is 1. The molecule has 1 N–H and O–H groups in total. The Morgan fingerprint density at radius 3 is 2.92 bits per heavy atom. The summed E-state index contributed by atoms with van der Waals surface area (Å²) < 4.78 is 0. The zero-order valence-electron chi connectivity index (χ0n) is 7.80. The topological polar surface area (TPSA) is 24.9 Å². The van der Waals surface area contributed by atoms with Crippen LogP contribution in [0.25, 0.3) is 0 Å². The second kappa shape index (κ2) is 4.75. The molecule has 0 bridgehead atoms. The minimum absolute atomic E-state index is 1.04. The van der Waals surface area contributed by atoms with Gasteiger partial charge in [-0.25, -0.2) is 0 Å². The van der Waals surface area contributed by atoms with Gasteiger partial charge in [0.2, 0.25) is 0 Å². The zero-order chi connectivity index (χ0) is 8.81. The Kier molecular flexibility index (Phi) is 3.58. The molecule has 1 aromatic rings. The number of nitrogens with one attached hydrogen (secondary N) is 1. The maximum atomic E-state index is 4.10. The van der Waals surface area contributed by atoms with Crippen LogP contribution in [0.1, 0.15) is 25.3 Å². The normalized spacial score (nSPS) is 9.83. The molecule has 0 saturated heterocycles. The summed E-state index contributed by atoms with van der Waals surface area (Å²) in [7, 11) is 0. The van der Waals surface area contributed by atoms with Crippen LogP contribution in [0.3, 0.4) is 0 Å². The standard InChI is InChI=1S/C10H16N2/c1-3-4-5-12-10-6-9(2)7-11-8-10/h6-8,12H,3-5H2,1-2H3. The highest BCUT2D eigenvalue weighted by Gasteiger charge is 1.90. The van der Waals surface area contributed by atoms with Gasteiger partial charge < -0.3 is 5.32 Å². The van der Waals surface area contributed by atoms with E-state index in [0.29, 0.717) is 0 Å². The van der Waals surface area contributed by atoms with Crippen LogP contribution in [-0.4, -0.2) is 11.5 Å². The second-order valence-corrected chi connectivity index (χ2v) is 3.03. The van der Waals surface area contributed by atoms with Crippen LogP contribution in [0.5, 0.6) is 0 Å². The lowest BCUT2D eigenvalue weighted by Gasteiger charge is -2.04. The molecule has 0 atom stereocenters. The highest BCUT2D eigenvalue weighted by atomic mass is 14.9. The molecule has 0 radical (unpaired) electrons. The van der Waals surface area contributed by atoms with E-state index in [1.54, 1.807) is 0 Å². The molecule has 0 aromatic carbocycles. The van der Waals surface area contributed by atoms with E-state index in [1.807, 2.05) is 12.4 Å². The van der Waals surface area contributed by atoms with Crippen LogP contribution in [0.2, 0.25) is 0 Å². The highest BCUT2D eigenvalue weighted by Crippen LogP contribution is 2.06. The first-order chi connectivity index (χ1) is 5.83. The minimum Gasteiger partial charge on any atom is -0.384 e. The molecule has 2 nitrogen and oxygen atoms in total. The molecule has 0 aliphatic heterocycles. The molecule has 1 heterocycles. The number of hydrogen-bond acceptors (Lipinski definition) is 2. The van der Waals surface area contributed by atoms with Gasteiger partial charge in [-0.1, -0.05) is 13.3 Å². The van der Waals surface area contributed by atoms with Crippen molar-refractivity contribution in [2.24, 2.45) is 0 Å². The summed E-state index contributed by atoms with van der Waals surface area (Å²) in [4.78, 5) is 4.10. The third kappa shape index (κ3) is 2.91. The van der Waals surface area contributed by atoms with E-state index >= 15 is 0 Å².